The lowest BCUT2D eigenvalue weighted by atomic mass is 9.91. The van der Waals surface area contributed by atoms with Gasteiger partial charge in [0.1, 0.15) is 0 Å². The van der Waals surface area contributed by atoms with Gasteiger partial charge in [0.15, 0.2) is 6.23 Å². The fourth-order valence-corrected chi connectivity index (χ4v) is 3.78. The highest BCUT2D eigenvalue weighted by atomic mass is 35.5. The number of hydrogen-bond acceptors (Lipinski definition) is 4. The molecule has 5 nitrogen and oxygen atoms in total. The van der Waals surface area contributed by atoms with Crippen molar-refractivity contribution >= 4 is 35.3 Å². The first-order chi connectivity index (χ1) is 11.8. The van der Waals surface area contributed by atoms with Crippen molar-refractivity contribution in [3.8, 4) is 0 Å². The summed E-state index contributed by atoms with van der Waals surface area (Å²) in [5.41, 5.74) is 0.580. The van der Waals surface area contributed by atoms with Crippen molar-refractivity contribution in [2.24, 2.45) is 5.92 Å². The van der Waals surface area contributed by atoms with Crippen LogP contribution >= 0.6 is 23.2 Å². The lowest BCUT2D eigenvalue weighted by molar-refractivity contribution is -0.153. The maximum absolute atomic E-state index is 12.9. The molecule has 2 rings (SSSR count). The van der Waals surface area contributed by atoms with Gasteiger partial charge in [-0.05, 0) is 43.9 Å². The first-order valence-corrected chi connectivity index (χ1v) is 9.16. The molecule has 1 amide bonds. The lowest BCUT2D eigenvalue weighted by Crippen LogP contribution is -2.53. The van der Waals surface area contributed by atoms with Gasteiger partial charge >= 0.3 is 6.16 Å². The number of nitrogens with zero attached hydrogens (tertiary/aromatic N) is 1. The summed E-state index contributed by atoms with van der Waals surface area (Å²) in [4.78, 5) is 26.3. The van der Waals surface area contributed by atoms with Crippen LogP contribution in [0.25, 0.3) is 0 Å². The molecular formula is C18H23Cl2NO4. The monoisotopic (exact) mass is 387 g/mol. The van der Waals surface area contributed by atoms with Crippen LogP contribution in [0.3, 0.4) is 0 Å². The Morgan fingerprint density at radius 3 is 2.44 bits per heavy atom. The number of likely N-dealkylation sites (tertiary alicyclic amines) is 1. The van der Waals surface area contributed by atoms with E-state index in [0.29, 0.717) is 27.9 Å². The van der Waals surface area contributed by atoms with Gasteiger partial charge in [0.05, 0.1) is 13.0 Å². The topological polar surface area (TPSA) is 55.8 Å². The van der Waals surface area contributed by atoms with E-state index in [1.807, 2.05) is 6.92 Å². The maximum atomic E-state index is 12.9. The first kappa shape index (κ1) is 19.9. The predicted octanol–water partition coefficient (Wildman–Crippen LogP) is 4.68. The molecule has 0 aromatic heterocycles. The minimum atomic E-state index is -0.762. The summed E-state index contributed by atoms with van der Waals surface area (Å²) < 4.78 is 10.2. The van der Waals surface area contributed by atoms with E-state index in [2.05, 4.69) is 6.92 Å². The van der Waals surface area contributed by atoms with Crippen LogP contribution in [0.1, 0.15) is 39.2 Å². The van der Waals surface area contributed by atoms with Crippen LogP contribution in [0.5, 0.6) is 0 Å². The number of carbonyl (C=O) groups excluding carboxylic acids is 2. The molecule has 0 radical (unpaired) electrons. The third-order valence-corrected chi connectivity index (χ3v) is 5.01. The van der Waals surface area contributed by atoms with Crippen LogP contribution in [0, 0.1) is 5.92 Å². The van der Waals surface area contributed by atoms with Crippen LogP contribution in [-0.2, 0) is 20.7 Å². The summed E-state index contributed by atoms with van der Waals surface area (Å²) in [6, 6.07) is 5.07. The molecule has 0 spiro atoms. The molecule has 1 aliphatic heterocycles. The van der Waals surface area contributed by atoms with Gasteiger partial charge in [-0.1, -0.05) is 36.2 Å². The molecule has 1 aromatic rings. The minimum Gasteiger partial charge on any atom is -0.435 e. The molecule has 0 bridgehead atoms. The van der Waals surface area contributed by atoms with Crippen LogP contribution in [-0.4, -0.2) is 35.8 Å². The standard InChI is InChI=1S/C18H23Cl2NO4/c1-4-24-18(23)25-17-9-11(2)8-12(3)21(17)16(22)10-13-14(19)6-5-7-15(13)20/h5-7,11-12,17H,4,8-10H2,1-3H3. The van der Waals surface area contributed by atoms with E-state index >= 15 is 0 Å². The van der Waals surface area contributed by atoms with Crippen molar-refractivity contribution in [3.05, 3.63) is 33.8 Å². The number of ether oxygens (including phenoxy) is 2. The molecule has 25 heavy (non-hydrogen) atoms. The van der Waals surface area contributed by atoms with Gasteiger partial charge in [-0.3, -0.25) is 4.79 Å². The van der Waals surface area contributed by atoms with E-state index in [1.54, 1.807) is 30.0 Å². The van der Waals surface area contributed by atoms with E-state index in [1.165, 1.54) is 0 Å². The zero-order valence-electron chi connectivity index (χ0n) is 14.6. The van der Waals surface area contributed by atoms with Crippen molar-refractivity contribution in [3.63, 3.8) is 0 Å². The van der Waals surface area contributed by atoms with Crippen molar-refractivity contribution in [2.75, 3.05) is 6.61 Å². The zero-order valence-corrected chi connectivity index (χ0v) is 16.1. The minimum absolute atomic E-state index is 0.0555. The van der Waals surface area contributed by atoms with Gasteiger partial charge in [0.25, 0.3) is 0 Å². The number of halogens is 2. The van der Waals surface area contributed by atoms with Crippen LogP contribution in [0.15, 0.2) is 18.2 Å². The highest BCUT2D eigenvalue weighted by Crippen LogP contribution is 2.31. The first-order valence-electron chi connectivity index (χ1n) is 8.40. The van der Waals surface area contributed by atoms with Gasteiger partial charge in [0, 0.05) is 22.5 Å². The SMILES string of the molecule is CCOC(=O)OC1CC(C)CC(C)N1C(=O)Cc1c(Cl)cccc1Cl. The largest absolute Gasteiger partial charge is 0.510 e. The average Bonchev–Trinajstić information content (AvgIpc) is 2.50. The van der Waals surface area contributed by atoms with E-state index in [4.69, 9.17) is 32.7 Å². The van der Waals surface area contributed by atoms with Gasteiger partial charge in [-0.15, -0.1) is 0 Å². The van der Waals surface area contributed by atoms with Crippen LogP contribution in [0.2, 0.25) is 10.0 Å². The van der Waals surface area contributed by atoms with Crippen molar-refractivity contribution in [2.45, 2.75) is 52.3 Å². The quantitative estimate of drug-likeness (QED) is 0.703. The summed E-state index contributed by atoms with van der Waals surface area (Å²) >= 11 is 12.3. The molecule has 1 saturated heterocycles. The summed E-state index contributed by atoms with van der Waals surface area (Å²) in [7, 11) is 0. The molecule has 0 N–H and O–H groups in total. The molecule has 3 atom stereocenters. The molecule has 1 fully saturated rings. The normalized spacial score (nSPS) is 23.2. The Hall–Kier alpha value is -1.46. The number of carbonyl (C=O) groups is 2. The van der Waals surface area contributed by atoms with Crippen LogP contribution in [0.4, 0.5) is 4.79 Å². The summed E-state index contributed by atoms with van der Waals surface area (Å²) in [6.07, 6.45) is 0.0596. The van der Waals surface area contributed by atoms with E-state index in [-0.39, 0.29) is 25.0 Å². The molecule has 1 aliphatic rings. The maximum Gasteiger partial charge on any atom is 0.510 e. The zero-order chi connectivity index (χ0) is 18.6. The van der Waals surface area contributed by atoms with E-state index in [0.717, 1.165) is 6.42 Å². The van der Waals surface area contributed by atoms with Gasteiger partial charge in [-0.2, -0.15) is 0 Å². The average molecular weight is 388 g/mol. The summed E-state index contributed by atoms with van der Waals surface area (Å²) in [5, 5.41) is 0.892. The van der Waals surface area contributed by atoms with Gasteiger partial charge in [-0.25, -0.2) is 4.79 Å². The number of amides is 1. The number of benzene rings is 1. The highest BCUT2D eigenvalue weighted by Gasteiger charge is 2.37. The van der Waals surface area contributed by atoms with Crippen molar-refractivity contribution in [1.82, 2.24) is 4.90 Å². The summed E-state index contributed by atoms with van der Waals surface area (Å²) in [6.45, 7) is 5.95. The molecule has 7 heteroatoms. The third-order valence-electron chi connectivity index (χ3n) is 4.30. The second-order valence-corrected chi connectivity index (χ2v) is 7.17. The van der Waals surface area contributed by atoms with Gasteiger partial charge < -0.3 is 14.4 Å². The van der Waals surface area contributed by atoms with E-state index < -0.39 is 12.4 Å². The van der Waals surface area contributed by atoms with Gasteiger partial charge in [0.2, 0.25) is 5.91 Å². The Labute approximate surface area is 158 Å². The Balaban J connectivity index is 2.19. The van der Waals surface area contributed by atoms with Crippen molar-refractivity contribution in [1.29, 1.82) is 0 Å². The molecular weight excluding hydrogens is 365 g/mol. The predicted molar refractivity (Wildman–Crippen MR) is 96.8 cm³/mol. The summed E-state index contributed by atoms with van der Waals surface area (Å²) in [5.74, 6) is 0.158. The highest BCUT2D eigenvalue weighted by molar-refractivity contribution is 6.36. The fraction of sp³-hybridized carbons (Fsp3) is 0.556. The number of rotatable bonds is 4. The number of piperidine rings is 1. The van der Waals surface area contributed by atoms with E-state index in [9.17, 15) is 9.59 Å². The second-order valence-electron chi connectivity index (χ2n) is 6.36. The second kappa shape index (κ2) is 8.77. The molecule has 3 unspecified atom stereocenters. The number of hydrogen-bond donors (Lipinski definition) is 0. The van der Waals surface area contributed by atoms with Crippen LogP contribution < -0.4 is 0 Å². The van der Waals surface area contributed by atoms with Crippen molar-refractivity contribution < 1.29 is 19.1 Å². The fourth-order valence-electron chi connectivity index (χ4n) is 3.25. The molecule has 138 valence electrons. The Morgan fingerprint density at radius 2 is 1.84 bits per heavy atom. The Bertz CT molecular complexity index is 617. The third kappa shape index (κ3) is 5.02. The smallest absolute Gasteiger partial charge is 0.435 e. The molecule has 1 heterocycles. The molecule has 0 aliphatic carbocycles. The Kier molecular flexibility index (Phi) is 6.96. The lowest BCUT2D eigenvalue weighted by Gasteiger charge is -2.42. The molecule has 0 saturated carbocycles. The Morgan fingerprint density at radius 1 is 1.20 bits per heavy atom. The molecule has 1 aromatic carbocycles.